The van der Waals surface area contributed by atoms with Crippen LogP contribution in [0.15, 0.2) is 24.3 Å². The summed E-state index contributed by atoms with van der Waals surface area (Å²) in [5.41, 5.74) is 0.638. The molecule has 0 aliphatic rings. The SMILES string of the molecule is CCCOc1cccc(C(=O)NCC(Br)CC)c1. The minimum absolute atomic E-state index is 0.0603. The third-order valence-electron chi connectivity index (χ3n) is 2.50. The molecular weight excluding hydrogens is 294 g/mol. The van der Waals surface area contributed by atoms with Crippen LogP contribution in [-0.4, -0.2) is 23.9 Å². The van der Waals surface area contributed by atoms with Gasteiger partial charge in [0.25, 0.3) is 5.91 Å². The molecule has 1 unspecified atom stereocenters. The Kier molecular flexibility index (Phi) is 6.80. The van der Waals surface area contributed by atoms with Gasteiger partial charge in [-0.3, -0.25) is 4.79 Å². The van der Waals surface area contributed by atoms with E-state index in [1.54, 1.807) is 12.1 Å². The zero-order chi connectivity index (χ0) is 13.4. The van der Waals surface area contributed by atoms with Crippen molar-refractivity contribution in [1.82, 2.24) is 5.32 Å². The third-order valence-corrected chi connectivity index (χ3v) is 3.47. The molecule has 100 valence electrons. The molecule has 1 atom stereocenters. The van der Waals surface area contributed by atoms with Gasteiger partial charge in [-0.2, -0.15) is 0 Å². The maximum absolute atomic E-state index is 11.9. The Balaban J connectivity index is 2.56. The second-order valence-electron chi connectivity index (χ2n) is 4.09. The molecule has 3 nitrogen and oxygen atoms in total. The number of nitrogens with one attached hydrogen (secondary N) is 1. The average molecular weight is 314 g/mol. The molecule has 0 aliphatic heterocycles. The maximum atomic E-state index is 11.9. The van der Waals surface area contributed by atoms with Gasteiger partial charge < -0.3 is 10.1 Å². The fraction of sp³-hybridized carbons (Fsp3) is 0.500. The predicted molar refractivity (Wildman–Crippen MR) is 77.6 cm³/mol. The van der Waals surface area contributed by atoms with Crippen molar-refractivity contribution in [2.75, 3.05) is 13.2 Å². The lowest BCUT2D eigenvalue weighted by Gasteiger charge is -2.10. The second kappa shape index (κ2) is 8.14. The third kappa shape index (κ3) is 5.08. The molecule has 0 fully saturated rings. The molecule has 0 radical (unpaired) electrons. The van der Waals surface area contributed by atoms with Gasteiger partial charge in [-0.25, -0.2) is 0 Å². The second-order valence-corrected chi connectivity index (χ2v) is 5.39. The van der Waals surface area contributed by atoms with E-state index in [0.29, 0.717) is 23.5 Å². The predicted octanol–water partition coefficient (Wildman–Crippen LogP) is 3.38. The smallest absolute Gasteiger partial charge is 0.251 e. The van der Waals surface area contributed by atoms with Crippen molar-refractivity contribution in [3.63, 3.8) is 0 Å². The van der Waals surface area contributed by atoms with E-state index >= 15 is 0 Å². The largest absolute Gasteiger partial charge is 0.494 e. The lowest BCUT2D eigenvalue weighted by molar-refractivity contribution is 0.0953. The van der Waals surface area contributed by atoms with E-state index in [2.05, 4.69) is 35.1 Å². The summed E-state index contributed by atoms with van der Waals surface area (Å²) in [4.78, 5) is 12.2. The zero-order valence-electron chi connectivity index (χ0n) is 10.9. The number of amides is 1. The Bertz CT molecular complexity index is 382. The highest BCUT2D eigenvalue weighted by Crippen LogP contribution is 2.13. The summed E-state index contributed by atoms with van der Waals surface area (Å²) >= 11 is 3.49. The minimum Gasteiger partial charge on any atom is -0.494 e. The van der Waals surface area contributed by atoms with E-state index < -0.39 is 0 Å². The first-order valence-electron chi connectivity index (χ1n) is 6.32. The minimum atomic E-state index is -0.0603. The number of hydrogen-bond donors (Lipinski definition) is 1. The lowest BCUT2D eigenvalue weighted by atomic mass is 10.2. The number of hydrogen-bond acceptors (Lipinski definition) is 2. The van der Waals surface area contributed by atoms with Crippen molar-refractivity contribution in [2.24, 2.45) is 0 Å². The van der Waals surface area contributed by atoms with E-state index in [9.17, 15) is 4.79 Å². The standard InChI is InChI=1S/C14H20BrNO2/c1-3-8-18-13-7-5-6-11(9-13)14(17)16-10-12(15)4-2/h5-7,9,12H,3-4,8,10H2,1-2H3,(H,16,17). The molecule has 1 aromatic rings. The molecule has 1 rings (SSSR count). The number of halogens is 1. The van der Waals surface area contributed by atoms with Gasteiger partial charge >= 0.3 is 0 Å². The van der Waals surface area contributed by atoms with Crippen LogP contribution in [0.1, 0.15) is 37.0 Å². The summed E-state index contributed by atoms with van der Waals surface area (Å²) in [6.07, 6.45) is 1.94. The molecule has 4 heteroatoms. The summed E-state index contributed by atoms with van der Waals surface area (Å²) in [7, 11) is 0. The first-order chi connectivity index (χ1) is 8.67. The van der Waals surface area contributed by atoms with Crippen molar-refractivity contribution in [3.05, 3.63) is 29.8 Å². The summed E-state index contributed by atoms with van der Waals surface area (Å²) in [5.74, 6) is 0.685. The van der Waals surface area contributed by atoms with Crippen LogP contribution in [0.25, 0.3) is 0 Å². The van der Waals surface area contributed by atoms with Crippen molar-refractivity contribution < 1.29 is 9.53 Å². The van der Waals surface area contributed by atoms with Crippen LogP contribution in [0, 0.1) is 0 Å². The van der Waals surface area contributed by atoms with Crippen molar-refractivity contribution in [1.29, 1.82) is 0 Å². The number of ether oxygens (including phenoxy) is 1. The molecule has 1 aromatic carbocycles. The molecular formula is C14H20BrNO2. The van der Waals surface area contributed by atoms with Gasteiger partial charge in [0.15, 0.2) is 0 Å². The first kappa shape index (κ1) is 15.0. The van der Waals surface area contributed by atoms with Gasteiger partial charge in [0.2, 0.25) is 0 Å². The molecule has 0 spiro atoms. The molecule has 0 aromatic heterocycles. The summed E-state index contributed by atoms with van der Waals surface area (Å²) in [6, 6.07) is 7.28. The van der Waals surface area contributed by atoms with Crippen molar-refractivity contribution in [3.8, 4) is 5.75 Å². The Hall–Kier alpha value is -1.03. The Morgan fingerprint density at radius 3 is 2.89 bits per heavy atom. The number of alkyl halides is 1. The molecule has 18 heavy (non-hydrogen) atoms. The zero-order valence-corrected chi connectivity index (χ0v) is 12.5. The summed E-state index contributed by atoms with van der Waals surface area (Å²) in [5, 5.41) is 2.89. The van der Waals surface area contributed by atoms with Gasteiger partial charge in [0, 0.05) is 16.9 Å². The van der Waals surface area contributed by atoms with Crippen LogP contribution in [0.2, 0.25) is 0 Å². The highest BCUT2D eigenvalue weighted by molar-refractivity contribution is 9.09. The van der Waals surface area contributed by atoms with Crippen LogP contribution in [0.5, 0.6) is 5.75 Å². The fourth-order valence-corrected chi connectivity index (χ4v) is 1.56. The lowest BCUT2D eigenvalue weighted by Crippen LogP contribution is -2.29. The highest BCUT2D eigenvalue weighted by Gasteiger charge is 2.08. The van der Waals surface area contributed by atoms with E-state index in [1.807, 2.05) is 12.1 Å². The monoisotopic (exact) mass is 313 g/mol. The van der Waals surface area contributed by atoms with Gasteiger partial charge in [0.1, 0.15) is 5.75 Å². The van der Waals surface area contributed by atoms with Gasteiger partial charge in [-0.15, -0.1) is 0 Å². The Labute approximate surface area is 117 Å². The van der Waals surface area contributed by atoms with Crippen LogP contribution in [-0.2, 0) is 0 Å². The van der Waals surface area contributed by atoms with Gasteiger partial charge in [-0.1, -0.05) is 35.8 Å². The molecule has 1 N–H and O–H groups in total. The quantitative estimate of drug-likeness (QED) is 0.784. The number of carbonyl (C=O) groups excluding carboxylic acids is 1. The number of rotatable bonds is 7. The molecule has 0 aliphatic carbocycles. The molecule has 0 heterocycles. The van der Waals surface area contributed by atoms with E-state index in [-0.39, 0.29) is 5.91 Å². The van der Waals surface area contributed by atoms with E-state index in [4.69, 9.17) is 4.74 Å². The van der Waals surface area contributed by atoms with Gasteiger partial charge in [0.05, 0.1) is 6.61 Å². The Morgan fingerprint density at radius 2 is 2.22 bits per heavy atom. The average Bonchev–Trinajstić information content (AvgIpc) is 2.42. The van der Waals surface area contributed by atoms with Crippen LogP contribution >= 0.6 is 15.9 Å². The van der Waals surface area contributed by atoms with Crippen LogP contribution in [0.4, 0.5) is 0 Å². The van der Waals surface area contributed by atoms with Gasteiger partial charge in [-0.05, 0) is 31.0 Å². The fourth-order valence-electron chi connectivity index (χ4n) is 1.40. The maximum Gasteiger partial charge on any atom is 0.251 e. The summed E-state index contributed by atoms with van der Waals surface area (Å²) in [6.45, 7) is 5.43. The molecule has 0 bridgehead atoms. The van der Waals surface area contributed by atoms with Crippen molar-refractivity contribution in [2.45, 2.75) is 31.5 Å². The normalized spacial score (nSPS) is 11.9. The van der Waals surface area contributed by atoms with Crippen LogP contribution in [0.3, 0.4) is 0 Å². The molecule has 0 saturated heterocycles. The molecule has 0 saturated carbocycles. The number of benzene rings is 1. The van der Waals surface area contributed by atoms with Crippen molar-refractivity contribution >= 4 is 21.8 Å². The Morgan fingerprint density at radius 1 is 1.44 bits per heavy atom. The highest BCUT2D eigenvalue weighted by atomic mass is 79.9. The molecule has 1 amide bonds. The topological polar surface area (TPSA) is 38.3 Å². The van der Waals surface area contributed by atoms with E-state index in [0.717, 1.165) is 18.6 Å². The van der Waals surface area contributed by atoms with Crippen LogP contribution < -0.4 is 10.1 Å². The number of carbonyl (C=O) groups is 1. The summed E-state index contributed by atoms with van der Waals surface area (Å²) < 4.78 is 5.50. The first-order valence-corrected chi connectivity index (χ1v) is 7.24. The van der Waals surface area contributed by atoms with E-state index in [1.165, 1.54) is 0 Å².